The van der Waals surface area contributed by atoms with Crippen LogP contribution < -0.4 is 5.32 Å². The fraction of sp³-hybridized carbons (Fsp3) is 0.667. The van der Waals surface area contributed by atoms with E-state index in [-0.39, 0.29) is 12.1 Å². The van der Waals surface area contributed by atoms with E-state index in [1.807, 2.05) is 12.1 Å². The minimum absolute atomic E-state index is 0.233. The van der Waals surface area contributed by atoms with Crippen LogP contribution in [0, 0.1) is 5.92 Å². The van der Waals surface area contributed by atoms with E-state index < -0.39 is 0 Å². The van der Waals surface area contributed by atoms with Crippen LogP contribution in [0.5, 0.6) is 0 Å². The van der Waals surface area contributed by atoms with E-state index in [2.05, 4.69) is 31.3 Å². The Morgan fingerprint density at radius 2 is 2.00 bits per heavy atom. The molecule has 0 aliphatic heterocycles. The number of hydrogen-bond acceptors (Lipinski definition) is 2. The third-order valence-electron chi connectivity index (χ3n) is 4.43. The predicted octanol–water partition coefficient (Wildman–Crippen LogP) is 4.98. The molecule has 2 rings (SSSR count). The maximum Gasteiger partial charge on any atom is 0.0797 e. The molecule has 2 atom stereocenters. The predicted molar refractivity (Wildman–Crippen MR) is 89.9 cm³/mol. The average molecular weight is 310 g/mol. The van der Waals surface area contributed by atoms with Gasteiger partial charge in [0.15, 0.2) is 0 Å². The van der Waals surface area contributed by atoms with Gasteiger partial charge < -0.3 is 10.1 Å². The second-order valence-corrected chi connectivity index (χ2v) is 6.34. The molecule has 1 aliphatic rings. The maximum atomic E-state index is 6.19. The second kappa shape index (κ2) is 8.77. The zero-order valence-electron chi connectivity index (χ0n) is 13.3. The van der Waals surface area contributed by atoms with Crippen molar-refractivity contribution in [2.45, 2.75) is 58.1 Å². The molecular weight excluding hydrogens is 282 g/mol. The van der Waals surface area contributed by atoms with Crippen molar-refractivity contribution >= 4 is 11.6 Å². The largest absolute Gasteiger partial charge is 0.376 e. The molecule has 0 bridgehead atoms. The van der Waals surface area contributed by atoms with E-state index in [0.717, 1.165) is 18.2 Å². The van der Waals surface area contributed by atoms with Crippen molar-refractivity contribution in [2.24, 2.45) is 5.92 Å². The van der Waals surface area contributed by atoms with Crippen LogP contribution >= 0.6 is 11.6 Å². The van der Waals surface area contributed by atoms with Gasteiger partial charge in [-0.1, -0.05) is 49.9 Å². The number of rotatable bonds is 7. The van der Waals surface area contributed by atoms with Crippen LogP contribution in [0.25, 0.3) is 0 Å². The van der Waals surface area contributed by atoms with E-state index in [9.17, 15) is 0 Å². The fourth-order valence-corrected chi connectivity index (χ4v) is 3.70. The number of halogens is 1. The lowest BCUT2D eigenvalue weighted by atomic mass is 9.81. The smallest absolute Gasteiger partial charge is 0.0797 e. The first kappa shape index (κ1) is 16.8. The molecule has 2 unspecified atom stereocenters. The van der Waals surface area contributed by atoms with Crippen molar-refractivity contribution in [3.05, 3.63) is 34.9 Å². The second-order valence-electron chi connectivity index (χ2n) is 5.91. The SMILES string of the molecule is CCNC(c1cccc(Cl)c1)C(OCC)C1CCCCC1. The summed E-state index contributed by atoms with van der Waals surface area (Å²) in [5.74, 6) is 0.654. The first-order valence-corrected chi connectivity index (χ1v) is 8.74. The van der Waals surface area contributed by atoms with Crippen LogP contribution in [-0.4, -0.2) is 19.3 Å². The lowest BCUT2D eigenvalue weighted by molar-refractivity contribution is -0.0180. The van der Waals surface area contributed by atoms with Crippen molar-refractivity contribution in [1.82, 2.24) is 5.32 Å². The summed E-state index contributed by atoms with van der Waals surface area (Å²) in [6.07, 6.45) is 6.86. The fourth-order valence-electron chi connectivity index (χ4n) is 3.50. The summed E-state index contributed by atoms with van der Waals surface area (Å²) in [5, 5.41) is 4.42. The zero-order valence-corrected chi connectivity index (χ0v) is 14.0. The molecule has 0 saturated heterocycles. The Labute approximate surface area is 134 Å². The zero-order chi connectivity index (χ0) is 15.1. The summed E-state index contributed by atoms with van der Waals surface area (Å²) < 4.78 is 6.18. The summed E-state index contributed by atoms with van der Waals surface area (Å²) in [7, 11) is 0. The highest BCUT2D eigenvalue weighted by Gasteiger charge is 2.31. The van der Waals surface area contributed by atoms with Crippen LogP contribution in [0.4, 0.5) is 0 Å². The standard InChI is InChI=1S/C18H28ClNO/c1-3-20-17(15-11-8-12-16(19)13-15)18(21-4-2)14-9-6-5-7-10-14/h8,11-14,17-18,20H,3-7,9-10H2,1-2H3. The van der Waals surface area contributed by atoms with Gasteiger partial charge >= 0.3 is 0 Å². The summed E-state index contributed by atoms with van der Waals surface area (Å²) in [6.45, 7) is 5.95. The van der Waals surface area contributed by atoms with Crippen molar-refractivity contribution in [2.75, 3.05) is 13.2 Å². The third kappa shape index (κ3) is 4.70. The number of likely N-dealkylation sites (N-methyl/N-ethyl adjacent to an activating group) is 1. The Bertz CT molecular complexity index is 417. The number of nitrogens with one attached hydrogen (secondary N) is 1. The quantitative estimate of drug-likeness (QED) is 0.767. The van der Waals surface area contributed by atoms with Crippen LogP contribution in [-0.2, 0) is 4.74 Å². The van der Waals surface area contributed by atoms with E-state index >= 15 is 0 Å². The highest BCUT2D eigenvalue weighted by atomic mass is 35.5. The summed E-state index contributed by atoms with van der Waals surface area (Å²) in [6, 6.07) is 8.44. The lowest BCUT2D eigenvalue weighted by Gasteiger charge is -2.36. The van der Waals surface area contributed by atoms with Crippen LogP contribution in [0.1, 0.15) is 57.6 Å². The normalized spacial score (nSPS) is 19.4. The molecule has 1 aliphatic carbocycles. The van der Waals surface area contributed by atoms with Gasteiger partial charge in [-0.05, 0) is 49.9 Å². The van der Waals surface area contributed by atoms with Crippen molar-refractivity contribution in [1.29, 1.82) is 0 Å². The minimum Gasteiger partial charge on any atom is -0.376 e. The lowest BCUT2D eigenvalue weighted by Crippen LogP contribution is -2.39. The van der Waals surface area contributed by atoms with Crippen molar-refractivity contribution in [3.63, 3.8) is 0 Å². The van der Waals surface area contributed by atoms with Gasteiger partial charge in [-0.2, -0.15) is 0 Å². The molecule has 1 saturated carbocycles. The van der Waals surface area contributed by atoms with E-state index in [0.29, 0.717) is 5.92 Å². The molecule has 1 fully saturated rings. The van der Waals surface area contributed by atoms with Gasteiger partial charge in [0.05, 0.1) is 12.1 Å². The third-order valence-corrected chi connectivity index (χ3v) is 4.67. The molecule has 0 aromatic heterocycles. The summed E-state index contributed by atoms with van der Waals surface area (Å²) in [4.78, 5) is 0. The Balaban J connectivity index is 2.22. The van der Waals surface area contributed by atoms with Gasteiger partial charge in [0.1, 0.15) is 0 Å². The molecule has 0 radical (unpaired) electrons. The van der Waals surface area contributed by atoms with Crippen LogP contribution in [0.2, 0.25) is 5.02 Å². The molecule has 3 heteroatoms. The van der Waals surface area contributed by atoms with Crippen molar-refractivity contribution < 1.29 is 4.74 Å². The summed E-state index contributed by atoms with van der Waals surface area (Å²) >= 11 is 6.19. The minimum atomic E-state index is 0.233. The molecular formula is C18H28ClNO. The molecule has 1 N–H and O–H groups in total. The number of benzene rings is 1. The average Bonchev–Trinajstić information content (AvgIpc) is 2.51. The highest BCUT2D eigenvalue weighted by Crippen LogP contribution is 2.35. The Hall–Kier alpha value is -0.570. The van der Waals surface area contributed by atoms with Gasteiger partial charge in [-0.25, -0.2) is 0 Å². The molecule has 21 heavy (non-hydrogen) atoms. The molecule has 0 heterocycles. The number of hydrogen-bond donors (Lipinski definition) is 1. The van der Waals surface area contributed by atoms with Gasteiger partial charge in [0.2, 0.25) is 0 Å². The maximum absolute atomic E-state index is 6.19. The van der Waals surface area contributed by atoms with Gasteiger partial charge in [0.25, 0.3) is 0 Å². The van der Waals surface area contributed by atoms with Crippen LogP contribution in [0.3, 0.4) is 0 Å². The first-order chi connectivity index (χ1) is 10.3. The van der Waals surface area contributed by atoms with E-state index in [1.54, 1.807) is 0 Å². The number of ether oxygens (including phenoxy) is 1. The topological polar surface area (TPSA) is 21.3 Å². The van der Waals surface area contributed by atoms with Gasteiger partial charge in [0, 0.05) is 11.6 Å². The Kier molecular flexibility index (Phi) is 7.01. The monoisotopic (exact) mass is 309 g/mol. The molecule has 1 aromatic rings. The molecule has 0 amide bonds. The van der Waals surface area contributed by atoms with Gasteiger partial charge in [-0.15, -0.1) is 0 Å². The van der Waals surface area contributed by atoms with Gasteiger partial charge in [-0.3, -0.25) is 0 Å². The van der Waals surface area contributed by atoms with E-state index in [4.69, 9.17) is 16.3 Å². The molecule has 118 valence electrons. The Morgan fingerprint density at radius 1 is 1.24 bits per heavy atom. The first-order valence-electron chi connectivity index (χ1n) is 8.36. The Morgan fingerprint density at radius 3 is 2.62 bits per heavy atom. The molecule has 2 nitrogen and oxygen atoms in total. The van der Waals surface area contributed by atoms with E-state index in [1.165, 1.54) is 37.7 Å². The molecule has 1 aromatic carbocycles. The van der Waals surface area contributed by atoms with Crippen molar-refractivity contribution in [3.8, 4) is 0 Å². The molecule has 0 spiro atoms. The summed E-state index contributed by atoms with van der Waals surface area (Å²) in [5.41, 5.74) is 1.24. The van der Waals surface area contributed by atoms with Crippen LogP contribution in [0.15, 0.2) is 24.3 Å². The highest BCUT2D eigenvalue weighted by molar-refractivity contribution is 6.30.